The lowest BCUT2D eigenvalue weighted by Crippen LogP contribution is -2.45. The first-order valence-electron chi connectivity index (χ1n) is 5.49. The molecule has 0 unspecified atom stereocenters. The van der Waals surface area contributed by atoms with Crippen LogP contribution in [0.25, 0.3) is 0 Å². The van der Waals surface area contributed by atoms with E-state index < -0.39 is 24.6 Å². The fourth-order valence-electron chi connectivity index (χ4n) is 1.25. The molecule has 0 fully saturated rings. The smallest absolute Gasteiger partial charge is 0.328 e. The number of carboxylic acids is 1. The van der Waals surface area contributed by atoms with E-state index in [4.69, 9.17) is 14.9 Å². The summed E-state index contributed by atoms with van der Waals surface area (Å²) in [7, 11) is 1.57. The van der Waals surface area contributed by atoms with Crippen molar-refractivity contribution in [2.24, 2.45) is 0 Å². The zero-order valence-electron chi connectivity index (χ0n) is 10.4. The largest absolute Gasteiger partial charge is 0.480 e. The highest BCUT2D eigenvalue weighted by Gasteiger charge is 2.18. The second kappa shape index (κ2) is 7.34. The van der Waals surface area contributed by atoms with Crippen LogP contribution >= 0.6 is 0 Å². The number of anilines is 1. The third-order valence-corrected chi connectivity index (χ3v) is 2.20. The summed E-state index contributed by atoms with van der Waals surface area (Å²) >= 11 is 0. The van der Waals surface area contributed by atoms with E-state index in [0.717, 1.165) is 0 Å². The Balaban J connectivity index is 2.47. The number of hydrogen-bond donors (Lipinski definition) is 4. The summed E-state index contributed by atoms with van der Waals surface area (Å²) in [5.41, 5.74) is 0.413. The first-order valence-corrected chi connectivity index (χ1v) is 5.49. The number of aromatic nitrogens is 2. The van der Waals surface area contributed by atoms with Crippen molar-refractivity contribution in [1.29, 1.82) is 0 Å². The minimum Gasteiger partial charge on any atom is -0.480 e. The van der Waals surface area contributed by atoms with Crippen LogP contribution in [0.1, 0.15) is 0 Å². The Bertz CT molecular complexity index is 433. The molecule has 19 heavy (non-hydrogen) atoms. The van der Waals surface area contributed by atoms with Gasteiger partial charge in [-0.2, -0.15) is 5.10 Å². The monoisotopic (exact) mass is 272 g/mol. The number of ether oxygens (including phenoxy) is 1. The van der Waals surface area contributed by atoms with E-state index in [1.165, 1.54) is 6.20 Å². The molecule has 106 valence electrons. The Kier molecular flexibility index (Phi) is 5.76. The Morgan fingerprint density at radius 1 is 1.58 bits per heavy atom. The average molecular weight is 272 g/mol. The maximum atomic E-state index is 11.5. The molecule has 0 saturated carbocycles. The summed E-state index contributed by atoms with van der Waals surface area (Å²) in [6.45, 7) is 0.336. The van der Waals surface area contributed by atoms with Crippen LogP contribution in [-0.2, 0) is 16.1 Å². The number of methoxy groups -OCH3 is 1. The van der Waals surface area contributed by atoms with Gasteiger partial charge in [-0.05, 0) is 0 Å². The maximum absolute atomic E-state index is 11.5. The SMILES string of the molecule is COCCn1cc(NC(=O)N[C@@H](CO)C(=O)O)cn1. The molecule has 1 aromatic rings. The van der Waals surface area contributed by atoms with Crippen molar-refractivity contribution in [2.45, 2.75) is 12.6 Å². The van der Waals surface area contributed by atoms with Crippen LogP contribution in [0.15, 0.2) is 12.4 Å². The van der Waals surface area contributed by atoms with Crippen LogP contribution in [-0.4, -0.2) is 58.4 Å². The molecular weight excluding hydrogens is 256 g/mol. The number of hydrogen-bond acceptors (Lipinski definition) is 5. The summed E-state index contributed by atoms with van der Waals surface area (Å²) in [5, 5.41) is 25.9. The number of urea groups is 1. The van der Waals surface area contributed by atoms with Gasteiger partial charge in [-0.1, -0.05) is 0 Å². The molecule has 0 aliphatic heterocycles. The third kappa shape index (κ3) is 4.94. The summed E-state index contributed by atoms with van der Waals surface area (Å²) in [6, 6.07) is -2.07. The number of carboxylic acid groups (broad SMARTS) is 1. The molecule has 0 aromatic carbocycles. The van der Waals surface area contributed by atoms with Gasteiger partial charge >= 0.3 is 12.0 Å². The number of carbonyl (C=O) groups is 2. The predicted octanol–water partition coefficient (Wildman–Crippen LogP) is -0.903. The number of aliphatic hydroxyl groups is 1. The Morgan fingerprint density at radius 2 is 2.32 bits per heavy atom. The Hall–Kier alpha value is -2.13. The van der Waals surface area contributed by atoms with E-state index in [-0.39, 0.29) is 0 Å². The quantitative estimate of drug-likeness (QED) is 0.509. The lowest BCUT2D eigenvalue weighted by atomic mass is 10.3. The lowest BCUT2D eigenvalue weighted by Gasteiger charge is -2.11. The standard InChI is InChI=1S/C10H16N4O5/c1-19-3-2-14-5-7(4-11-14)12-10(18)13-8(6-15)9(16)17/h4-5,8,15H,2-3,6H2,1H3,(H,16,17)(H2,12,13,18)/t8-/m0/s1. The molecule has 2 amide bonds. The second-order valence-electron chi connectivity index (χ2n) is 3.66. The van der Waals surface area contributed by atoms with Crippen LogP contribution in [0, 0.1) is 0 Å². The van der Waals surface area contributed by atoms with Crippen molar-refractivity contribution in [3.8, 4) is 0 Å². The van der Waals surface area contributed by atoms with E-state index >= 15 is 0 Å². The third-order valence-electron chi connectivity index (χ3n) is 2.20. The van der Waals surface area contributed by atoms with Gasteiger partial charge in [0.2, 0.25) is 0 Å². The molecule has 9 heteroatoms. The number of nitrogens with zero attached hydrogens (tertiary/aromatic N) is 2. The lowest BCUT2D eigenvalue weighted by molar-refractivity contribution is -0.140. The first-order chi connectivity index (χ1) is 9.06. The van der Waals surface area contributed by atoms with Gasteiger partial charge in [0.15, 0.2) is 6.04 Å². The molecule has 0 radical (unpaired) electrons. The van der Waals surface area contributed by atoms with Gasteiger partial charge in [0.05, 0.1) is 31.6 Å². The topological polar surface area (TPSA) is 126 Å². The highest BCUT2D eigenvalue weighted by atomic mass is 16.5. The van der Waals surface area contributed by atoms with Crippen molar-refractivity contribution in [2.75, 3.05) is 25.6 Å². The van der Waals surface area contributed by atoms with Crippen molar-refractivity contribution in [3.63, 3.8) is 0 Å². The molecule has 0 aliphatic rings. The number of aliphatic carboxylic acids is 1. The molecule has 1 aromatic heterocycles. The van der Waals surface area contributed by atoms with Gasteiger partial charge in [0.1, 0.15) is 0 Å². The summed E-state index contributed by atoms with van der Waals surface area (Å²) in [5.74, 6) is -1.31. The minimum atomic E-state index is -1.34. The minimum absolute atomic E-state index is 0.413. The number of aliphatic hydroxyl groups excluding tert-OH is 1. The second-order valence-corrected chi connectivity index (χ2v) is 3.66. The van der Waals surface area contributed by atoms with Gasteiger partial charge < -0.3 is 25.6 Å². The van der Waals surface area contributed by atoms with Gasteiger partial charge in [0, 0.05) is 13.3 Å². The molecular formula is C10H16N4O5. The zero-order chi connectivity index (χ0) is 14.3. The summed E-state index contributed by atoms with van der Waals surface area (Å²) < 4.78 is 6.45. The van der Waals surface area contributed by atoms with Gasteiger partial charge in [-0.15, -0.1) is 0 Å². The van der Waals surface area contributed by atoms with E-state index in [1.807, 2.05) is 0 Å². The van der Waals surface area contributed by atoms with E-state index in [0.29, 0.717) is 18.8 Å². The number of nitrogens with one attached hydrogen (secondary N) is 2. The fourth-order valence-corrected chi connectivity index (χ4v) is 1.25. The number of amides is 2. The highest BCUT2D eigenvalue weighted by molar-refractivity contribution is 5.92. The van der Waals surface area contributed by atoms with Crippen molar-refractivity contribution >= 4 is 17.7 Å². The highest BCUT2D eigenvalue weighted by Crippen LogP contribution is 2.04. The van der Waals surface area contributed by atoms with Crippen molar-refractivity contribution in [3.05, 3.63) is 12.4 Å². The normalized spacial score (nSPS) is 11.9. The number of rotatable bonds is 7. The van der Waals surface area contributed by atoms with Crippen molar-refractivity contribution in [1.82, 2.24) is 15.1 Å². The Labute approximate surface area is 109 Å². The van der Waals surface area contributed by atoms with Crippen LogP contribution in [0.2, 0.25) is 0 Å². The van der Waals surface area contributed by atoms with Crippen LogP contribution in [0.3, 0.4) is 0 Å². The maximum Gasteiger partial charge on any atom is 0.328 e. The molecule has 0 aliphatic carbocycles. The van der Waals surface area contributed by atoms with Crippen LogP contribution in [0.4, 0.5) is 10.5 Å². The average Bonchev–Trinajstić information content (AvgIpc) is 2.80. The molecule has 4 N–H and O–H groups in total. The molecule has 9 nitrogen and oxygen atoms in total. The Morgan fingerprint density at radius 3 is 2.89 bits per heavy atom. The molecule has 1 heterocycles. The molecule has 1 rings (SSSR count). The zero-order valence-corrected chi connectivity index (χ0v) is 10.4. The number of carbonyl (C=O) groups excluding carboxylic acids is 1. The van der Waals surface area contributed by atoms with Crippen molar-refractivity contribution < 1.29 is 24.5 Å². The molecule has 0 saturated heterocycles. The van der Waals surface area contributed by atoms with Gasteiger partial charge in [0.25, 0.3) is 0 Å². The van der Waals surface area contributed by atoms with E-state index in [1.54, 1.807) is 18.0 Å². The van der Waals surface area contributed by atoms with Gasteiger partial charge in [-0.3, -0.25) is 4.68 Å². The fraction of sp³-hybridized carbons (Fsp3) is 0.500. The van der Waals surface area contributed by atoms with E-state index in [2.05, 4.69) is 15.7 Å². The van der Waals surface area contributed by atoms with Gasteiger partial charge in [-0.25, -0.2) is 9.59 Å². The molecule has 0 bridgehead atoms. The van der Waals surface area contributed by atoms with E-state index in [9.17, 15) is 9.59 Å². The molecule has 0 spiro atoms. The summed E-state index contributed by atoms with van der Waals surface area (Å²) in [6.07, 6.45) is 3.00. The van der Waals surface area contributed by atoms with Crippen LogP contribution < -0.4 is 10.6 Å². The predicted molar refractivity (Wildman–Crippen MR) is 64.8 cm³/mol. The molecule has 1 atom stereocenters. The summed E-state index contributed by atoms with van der Waals surface area (Å²) in [4.78, 5) is 22.1. The van der Waals surface area contributed by atoms with Crippen LogP contribution in [0.5, 0.6) is 0 Å². The first kappa shape index (κ1) is 14.9.